The van der Waals surface area contributed by atoms with Crippen LogP contribution in [0.1, 0.15) is 15.2 Å². The van der Waals surface area contributed by atoms with Crippen LogP contribution in [0, 0.1) is 0 Å². The van der Waals surface area contributed by atoms with E-state index in [1.54, 1.807) is 5.38 Å². The Kier molecular flexibility index (Phi) is 2.68. The lowest BCUT2D eigenvalue weighted by atomic mass is 10.2. The van der Waals surface area contributed by atoms with Crippen molar-refractivity contribution < 1.29 is 9.90 Å². The van der Waals surface area contributed by atoms with Crippen LogP contribution >= 0.6 is 11.3 Å². The summed E-state index contributed by atoms with van der Waals surface area (Å²) in [5, 5.41) is 14.3. The van der Waals surface area contributed by atoms with Crippen molar-refractivity contribution in [3.05, 3.63) is 46.2 Å². The highest BCUT2D eigenvalue weighted by Crippen LogP contribution is 2.39. The van der Waals surface area contributed by atoms with Crippen molar-refractivity contribution in [2.75, 3.05) is 11.6 Å². The van der Waals surface area contributed by atoms with Crippen LogP contribution in [0.3, 0.4) is 0 Å². The molecule has 0 unspecified atom stereocenters. The molecule has 1 aliphatic rings. The van der Waals surface area contributed by atoms with Crippen molar-refractivity contribution in [1.29, 1.82) is 0 Å². The zero-order chi connectivity index (χ0) is 12.5. The molecule has 0 saturated carbocycles. The molecule has 0 saturated heterocycles. The minimum Gasteiger partial charge on any atom is -0.505 e. The lowest BCUT2D eigenvalue weighted by Crippen LogP contribution is -2.42. The Morgan fingerprint density at radius 2 is 2.11 bits per heavy atom. The number of nitrogens with zero attached hydrogens (tertiary/aromatic N) is 1. The summed E-state index contributed by atoms with van der Waals surface area (Å²) in [4.78, 5) is 14.2. The summed E-state index contributed by atoms with van der Waals surface area (Å²) in [6.45, 7) is 1.09. The van der Waals surface area contributed by atoms with Crippen molar-refractivity contribution in [2.24, 2.45) is 0 Å². The van der Waals surface area contributed by atoms with E-state index in [0.717, 1.165) is 5.56 Å². The van der Waals surface area contributed by atoms with Crippen molar-refractivity contribution in [2.45, 2.75) is 6.54 Å². The predicted octanol–water partition coefficient (Wildman–Crippen LogP) is 2.16. The molecule has 0 radical (unpaired) electrons. The second-order valence-electron chi connectivity index (χ2n) is 4.15. The average Bonchev–Trinajstić information content (AvgIpc) is 2.78. The van der Waals surface area contributed by atoms with Crippen LogP contribution in [-0.2, 0) is 6.54 Å². The van der Waals surface area contributed by atoms with Gasteiger partial charge in [-0.25, -0.2) is 0 Å². The van der Waals surface area contributed by atoms with Gasteiger partial charge in [0.05, 0.1) is 6.67 Å². The molecule has 0 spiro atoms. The van der Waals surface area contributed by atoms with E-state index < -0.39 is 0 Å². The van der Waals surface area contributed by atoms with E-state index in [4.69, 9.17) is 0 Å². The number of fused-ring (bicyclic) bond motifs is 1. The third kappa shape index (κ3) is 1.82. The van der Waals surface area contributed by atoms with Crippen LogP contribution in [0.15, 0.2) is 35.7 Å². The molecule has 3 rings (SSSR count). The molecule has 0 bridgehead atoms. The first-order valence-electron chi connectivity index (χ1n) is 5.63. The molecule has 1 aromatic carbocycles. The fraction of sp³-hybridized carbons (Fsp3) is 0.154. The molecule has 2 aromatic rings. The lowest BCUT2D eigenvalue weighted by Gasteiger charge is -2.29. The summed E-state index contributed by atoms with van der Waals surface area (Å²) < 4.78 is 0. The van der Waals surface area contributed by atoms with Crippen LogP contribution in [0.4, 0.5) is 5.69 Å². The molecular formula is C13H12N2O2S. The molecule has 2 N–H and O–H groups in total. The summed E-state index contributed by atoms with van der Waals surface area (Å²) >= 11 is 1.27. The molecule has 0 fully saturated rings. The van der Waals surface area contributed by atoms with E-state index in [-0.39, 0.29) is 11.7 Å². The Hall–Kier alpha value is -2.01. The van der Waals surface area contributed by atoms with Gasteiger partial charge in [-0.15, -0.1) is 11.3 Å². The Balaban J connectivity index is 1.93. The standard InChI is InChI=1S/C13H12N2O2S/c16-10-7-18-12-11(10)15(8-14-13(12)17)6-9-4-2-1-3-5-9/h1-5,7,16H,6,8H2,(H,14,17). The average molecular weight is 260 g/mol. The van der Waals surface area contributed by atoms with Crippen molar-refractivity contribution in [1.82, 2.24) is 5.32 Å². The van der Waals surface area contributed by atoms with E-state index in [1.165, 1.54) is 11.3 Å². The highest BCUT2D eigenvalue weighted by atomic mass is 32.1. The monoisotopic (exact) mass is 260 g/mol. The molecule has 92 valence electrons. The number of nitrogens with one attached hydrogen (secondary N) is 1. The third-order valence-electron chi connectivity index (χ3n) is 2.92. The number of hydrogen-bond donors (Lipinski definition) is 2. The lowest BCUT2D eigenvalue weighted by molar-refractivity contribution is 0.0951. The number of amides is 1. The Morgan fingerprint density at radius 1 is 1.33 bits per heavy atom. The minimum absolute atomic E-state index is 0.111. The van der Waals surface area contributed by atoms with Gasteiger partial charge in [-0.3, -0.25) is 4.79 Å². The van der Waals surface area contributed by atoms with Gasteiger partial charge in [0.15, 0.2) is 5.75 Å². The second-order valence-corrected chi connectivity index (χ2v) is 5.03. The number of anilines is 1. The Morgan fingerprint density at radius 3 is 2.89 bits per heavy atom. The van der Waals surface area contributed by atoms with Gasteiger partial charge in [-0.1, -0.05) is 30.3 Å². The number of carbonyl (C=O) groups excluding carboxylic acids is 1. The summed E-state index contributed by atoms with van der Waals surface area (Å²) in [7, 11) is 0. The molecule has 0 aliphatic carbocycles. The maximum Gasteiger partial charge on any atom is 0.265 e. The fourth-order valence-corrected chi connectivity index (χ4v) is 2.94. The number of aromatic hydroxyl groups is 1. The van der Waals surface area contributed by atoms with E-state index in [1.807, 2.05) is 35.2 Å². The van der Waals surface area contributed by atoms with Gasteiger partial charge >= 0.3 is 0 Å². The second kappa shape index (κ2) is 4.34. The van der Waals surface area contributed by atoms with Gasteiger partial charge in [0.2, 0.25) is 0 Å². The zero-order valence-corrected chi connectivity index (χ0v) is 10.4. The summed E-state index contributed by atoms with van der Waals surface area (Å²) in [6.07, 6.45) is 0. The van der Waals surface area contributed by atoms with Gasteiger partial charge in [0.25, 0.3) is 5.91 Å². The van der Waals surface area contributed by atoms with E-state index >= 15 is 0 Å². The number of thiophene rings is 1. The van der Waals surface area contributed by atoms with Crippen LogP contribution in [-0.4, -0.2) is 17.7 Å². The first-order valence-corrected chi connectivity index (χ1v) is 6.51. The molecule has 4 nitrogen and oxygen atoms in total. The molecule has 0 atom stereocenters. The van der Waals surface area contributed by atoms with Gasteiger partial charge in [-0.2, -0.15) is 0 Å². The number of carbonyl (C=O) groups is 1. The molecule has 1 amide bonds. The molecular weight excluding hydrogens is 248 g/mol. The van der Waals surface area contributed by atoms with Gasteiger partial charge < -0.3 is 15.3 Å². The van der Waals surface area contributed by atoms with Crippen molar-refractivity contribution in [3.8, 4) is 5.75 Å². The summed E-state index contributed by atoms with van der Waals surface area (Å²) in [6, 6.07) is 9.98. The largest absolute Gasteiger partial charge is 0.505 e. The normalized spacial score (nSPS) is 14.2. The predicted molar refractivity (Wildman–Crippen MR) is 70.9 cm³/mol. The van der Waals surface area contributed by atoms with Crippen LogP contribution in [0.2, 0.25) is 0 Å². The fourth-order valence-electron chi connectivity index (χ4n) is 2.07. The number of hydrogen-bond acceptors (Lipinski definition) is 4. The first-order chi connectivity index (χ1) is 8.75. The quantitative estimate of drug-likeness (QED) is 0.870. The Labute approximate surface area is 108 Å². The highest BCUT2D eigenvalue weighted by molar-refractivity contribution is 7.13. The maximum absolute atomic E-state index is 11.7. The zero-order valence-electron chi connectivity index (χ0n) is 9.59. The summed E-state index contributed by atoms with van der Waals surface area (Å²) in [5.74, 6) is 0.0698. The molecule has 5 heteroatoms. The molecule has 18 heavy (non-hydrogen) atoms. The van der Waals surface area contributed by atoms with E-state index in [2.05, 4.69) is 5.32 Å². The molecule has 1 aliphatic heterocycles. The van der Waals surface area contributed by atoms with E-state index in [0.29, 0.717) is 23.8 Å². The van der Waals surface area contributed by atoms with Crippen molar-refractivity contribution in [3.63, 3.8) is 0 Å². The van der Waals surface area contributed by atoms with Crippen LogP contribution < -0.4 is 10.2 Å². The minimum atomic E-state index is -0.111. The first kappa shape index (κ1) is 11.1. The van der Waals surface area contributed by atoms with E-state index in [9.17, 15) is 9.90 Å². The third-order valence-corrected chi connectivity index (χ3v) is 3.87. The van der Waals surface area contributed by atoms with Gasteiger partial charge in [0, 0.05) is 11.9 Å². The van der Waals surface area contributed by atoms with Crippen LogP contribution in [0.5, 0.6) is 5.75 Å². The SMILES string of the molecule is O=C1NCN(Cc2ccccc2)c2c(O)csc21. The maximum atomic E-state index is 11.7. The summed E-state index contributed by atoms with van der Waals surface area (Å²) in [5.41, 5.74) is 1.79. The molecule has 1 aromatic heterocycles. The van der Waals surface area contributed by atoms with Gasteiger partial charge in [0.1, 0.15) is 10.6 Å². The Bertz CT molecular complexity index is 580. The smallest absolute Gasteiger partial charge is 0.265 e. The highest BCUT2D eigenvalue weighted by Gasteiger charge is 2.27. The van der Waals surface area contributed by atoms with Gasteiger partial charge in [-0.05, 0) is 5.56 Å². The topological polar surface area (TPSA) is 52.6 Å². The number of rotatable bonds is 2. The van der Waals surface area contributed by atoms with Crippen LogP contribution in [0.25, 0.3) is 0 Å². The molecule has 2 heterocycles. The number of benzene rings is 1. The van der Waals surface area contributed by atoms with Crippen molar-refractivity contribution >= 4 is 22.9 Å².